The van der Waals surface area contributed by atoms with Crippen LogP contribution in [0.15, 0.2) is 34.0 Å². The number of furan rings is 1. The number of hydrogen-bond donors (Lipinski definition) is 1. The molecule has 0 radical (unpaired) electrons. The van der Waals surface area contributed by atoms with E-state index in [9.17, 15) is 4.79 Å². The number of carbonyl (C=O) groups is 1. The Morgan fingerprint density at radius 3 is 3.07 bits per heavy atom. The van der Waals surface area contributed by atoms with Crippen LogP contribution in [-0.4, -0.2) is 18.9 Å². The Bertz CT molecular complexity index is 366. The van der Waals surface area contributed by atoms with Crippen LogP contribution in [-0.2, 0) is 4.74 Å². The van der Waals surface area contributed by atoms with Crippen LogP contribution in [0.1, 0.15) is 12.7 Å². The largest absolute Gasteiger partial charge is 0.465 e. The lowest BCUT2D eigenvalue weighted by Gasteiger charge is -1.96. The van der Waals surface area contributed by atoms with Crippen LogP contribution in [0.2, 0.25) is 0 Å². The first-order chi connectivity index (χ1) is 7.22. The zero-order valence-electron chi connectivity index (χ0n) is 8.56. The number of carbonyl (C=O) groups excluding carboxylic acids is 1. The summed E-state index contributed by atoms with van der Waals surface area (Å²) in [5.74, 6) is 0.725. The van der Waals surface area contributed by atoms with E-state index in [1.54, 1.807) is 31.4 Å². The summed E-state index contributed by atoms with van der Waals surface area (Å²) in [6, 6.07) is 3.61. The highest BCUT2D eigenvalue weighted by molar-refractivity contribution is 5.96. The number of nitrogens with zero attached hydrogens (tertiary/aromatic N) is 1. The maximum Gasteiger partial charge on any atom is 0.427 e. The fourth-order valence-electron chi connectivity index (χ4n) is 0.806. The van der Waals surface area contributed by atoms with E-state index in [0.29, 0.717) is 5.71 Å². The van der Waals surface area contributed by atoms with Gasteiger partial charge in [0.25, 0.3) is 0 Å². The first-order valence-corrected chi connectivity index (χ1v) is 4.32. The quantitative estimate of drug-likeness (QED) is 0.610. The molecule has 1 N–H and O–H groups in total. The number of methoxy groups -OCH3 is 1. The molecule has 0 saturated carbocycles. The molecule has 0 aliphatic rings. The number of hydrazone groups is 1. The van der Waals surface area contributed by atoms with Crippen LogP contribution in [0.25, 0.3) is 6.08 Å². The minimum atomic E-state index is -0.597. The van der Waals surface area contributed by atoms with Gasteiger partial charge in [-0.2, -0.15) is 5.10 Å². The van der Waals surface area contributed by atoms with Crippen molar-refractivity contribution in [3.05, 3.63) is 30.2 Å². The van der Waals surface area contributed by atoms with E-state index < -0.39 is 6.09 Å². The van der Waals surface area contributed by atoms with E-state index in [2.05, 4.69) is 15.3 Å². The van der Waals surface area contributed by atoms with Gasteiger partial charge >= 0.3 is 6.09 Å². The summed E-state index contributed by atoms with van der Waals surface area (Å²) in [5.41, 5.74) is 2.84. The lowest BCUT2D eigenvalue weighted by molar-refractivity contribution is 0.171. The van der Waals surface area contributed by atoms with Gasteiger partial charge < -0.3 is 9.15 Å². The third kappa shape index (κ3) is 4.12. The maximum absolute atomic E-state index is 10.7. The molecule has 1 rings (SSSR count). The van der Waals surface area contributed by atoms with Crippen molar-refractivity contribution in [3.8, 4) is 0 Å². The smallest absolute Gasteiger partial charge is 0.427 e. The van der Waals surface area contributed by atoms with Crippen LogP contribution < -0.4 is 5.43 Å². The Morgan fingerprint density at radius 2 is 2.47 bits per heavy atom. The summed E-state index contributed by atoms with van der Waals surface area (Å²) in [4.78, 5) is 10.7. The standard InChI is InChI=1S/C10H12N2O3/c1-8(11-12-10(13)14-2)5-6-9-4-3-7-15-9/h3-7H,1-2H3,(H,12,13)/b6-5+,11-8+. The van der Waals surface area contributed by atoms with Gasteiger partial charge in [0.2, 0.25) is 0 Å². The molecule has 1 aromatic heterocycles. The lowest BCUT2D eigenvalue weighted by atomic mass is 10.3. The molecule has 0 unspecified atom stereocenters. The predicted octanol–water partition coefficient (Wildman–Crippen LogP) is 2.02. The summed E-state index contributed by atoms with van der Waals surface area (Å²) in [5, 5.41) is 3.76. The number of amides is 1. The van der Waals surface area contributed by atoms with Crippen LogP contribution in [0.4, 0.5) is 4.79 Å². The van der Waals surface area contributed by atoms with Gasteiger partial charge in [-0.1, -0.05) is 0 Å². The zero-order chi connectivity index (χ0) is 11.1. The van der Waals surface area contributed by atoms with Crippen LogP contribution in [0.5, 0.6) is 0 Å². The Morgan fingerprint density at radius 1 is 1.67 bits per heavy atom. The van der Waals surface area contributed by atoms with Crippen molar-refractivity contribution >= 4 is 17.9 Å². The van der Waals surface area contributed by atoms with Gasteiger partial charge in [-0.3, -0.25) is 0 Å². The minimum Gasteiger partial charge on any atom is -0.465 e. The SMILES string of the molecule is COC(=O)N/N=C(C)/C=C/c1ccco1. The molecular formula is C10H12N2O3. The van der Waals surface area contributed by atoms with Gasteiger partial charge in [0.15, 0.2) is 0 Å². The predicted molar refractivity (Wildman–Crippen MR) is 56.4 cm³/mol. The van der Waals surface area contributed by atoms with Crippen LogP contribution >= 0.6 is 0 Å². The normalized spacial score (nSPS) is 11.7. The van der Waals surface area contributed by atoms with E-state index in [0.717, 1.165) is 5.76 Å². The Labute approximate surface area is 87.4 Å². The molecule has 0 atom stereocenters. The molecule has 5 heteroatoms. The Kier molecular flexibility index (Phi) is 4.15. The highest BCUT2D eigenvalue weighted by atomic mass is 16.5. The summed E-state index contributed by atoms with van der Waals surface area (Å²) in [6.07, 6.45) is 4.45. The molecule has 0 aliphatic carbocycles. The Balaban J connectivity index is 2.48. The average Bonchev–Trinajstić information content (AvgIpc) is 2.75. The average molecular weight is 208 g/mol. The summed E-state index contributed by atoms with van der Waals surface area (Å²) >= 11 is 0. The second-order valence-corrected chi connectivity index (χ2v) is 2.71. The van der Waals surface area contributed by atoms with Crippen molar-refractivity contribution in [2.75, 3.05) is 7.11 Å². The zero-order valence-corrected chi connectivity index (χ0v) is 8.56. The molecule has 0 bridgehead atoms. The number of nitrogens with one attached hydrogen (secondary N) is 1. The second-order valence-electron chi connectivity index (χ2n) is 2.71. The van der Waals surface area contributed by atoms with Crippen molar-refractivity contribution in [2.24, 2.45) is 5.10 Å². The van der Waals surface area contributed by atoms with Gasteiger partial charge in [0, 0.05) is 0 Å². The third-order valence-electron chi connectivity index (χ3n) is 1.54. The number of rotatable bonds is 3. The molecule has 1 amide bonds. The van der Waals surface area contributed by atoms with Gasteiger partial charge in [-0.05, 0) is 31.2 Å². The van der Waals surface area contributed by atoms with E-state index in [1.807, 2.05) is 6.07 Å². The van der Waals surface area contributed by atoms with E-state index in [-0.39, 0.29) is 0 Å². The summed E-state index contributed by atoms with van der Waals surface area (Å²) in [7, 11) is 1.28. The molecule has 1 heterocycles. The minimum absolute atomic E-state index is 0.597. The molecule has 1 aromatic rings. The first-order valence-electron chi connectivity index (χ1n) is 4.32. The van der Waals surface area contributed by atoms with Crippen molar-refractivity contribution in [2.45, 2.75) is 6.92 Å². The number of hydrogen-bond acceptors (Lipinski definition) is 4. The fraction of sp³-hybridized carbons (Fsp3) is 0.200. The van der Waals surface area contributed by atoms with E-state index in [4.69, 9.17) is 4.42 Å². The number of ether oxygens (including phenoxy) is 1. The monoisotopic (exact) mass is 208 g/mol. The molecule has 80 valence electrons. The highest BCUT2D eigenvalue weighted by Crippen LogP contribution is 2.02. The molecule has 0 aliphatic heterocycles. The number of allylic oxidation sites excluding steroid dienone is 1. The second kappa shape index (κ2) is 5.64. The summed E-state index contributed by atoms with van der Waals surface area (Å²) in [6.45, 7) is 1.75. The molecule has 15 heavy (non-hydrogen) atoms. The topological polar surface area (TPSA) is 63.8 Å². The van der Waals surface area contributed by atoms with Gasteiger partial charge in [-0.25, -0.2) is 10.2 Å². The lowest BCUT2D eigenvalue weighted by Crippen LogP contribution is -2.17. The molecule has 0 saturated heterocycles. The van der Waals surface area contributed by atoms with Crippen molar-refractivity contribution in [3.63, 3.8) is 0 Å². The molecule has 5 nitrogen and oxygen atoms in total. The van der Waals surface area contributed by atoms with Gasteiger partial charge in [0.1, 0.15) is 5.76 Å². The molecule has 0 aromatic carbocycles. The van der Waals surface area contributed by atoms with Crippen molar-refractivity contribution in [1.82, 2.24) is 5.43 Å². The van der Waals surface area contributed by atoms with E-state index >= 15 is 0 Å². The van der Waals surface area contributed by atoms with Crippen LogP contribution in [0.3, 0.4) is 0 Å². The fourth-order valence-corrected chi connectivity index (χ4v) is 0.806. The highest BCUT2D eigenvalue weighted by Gasteiger charge is 1.94. The van der Waals surface area contributed by atoms with Crippen molar-refractivity contribution in [1.29, 1.82) is 0 Å². The van der Waals surface area contributed by atoms with E-state index in [1.165, 1.54) is 7.11 Å². The van der Waals surface area contributed by atoms with Crippen LogP contribution in [0, 0.1) is 0 Å². The third-order valence-corrected chi connectivity index (χ3v) is 1.54. The summed E-state index contributed by atoms with van der Waals surface area (Å²) < 4.78 is 9.43. The maximum atomic E-state index is 10.7. The molecule has 0 spiro atoms. The van der Waals surface area contributed by atoms with Crippen molar-refractivity contribution < 1.29 is 13.9 Å². The molecular weight excluding hydrogens is 196 g/mol. The Hall–Kier alpha value is -2.04. The first kappa shape index (κ1) is 11.0. The van der Waals surface area contributed by atoms with Gasteiger partial charge in [0.05, 0.1) is 19.1 Å². The molecule has 0 fully saturated rings. The van der Waals surface area contributed by atoms with Gasteiger partial charge in [-0.15, -0.1) is 0 Å².